The normalized spacial score (nSPS) is 11.0. The molecule has 10 rings (SSSR count). The van der Waals surface area contributed by atoms with Crippen LogP contribution in [-0.4, -0.2) is 51.0 Å². The van der Waals surface area contributed by atoms with E-state index in [4.69, 9.17) is 73.0 Å². The minimum Gasteiger partial charge on any atom is -0.391 e. The number of aromatic nitrogens is 5. The number of thiophene rings is 5. The Kier molecular flexibility index (Phi) is 17.3. The molecule has 0 spiro atoms. The predicted molar refractivity (Wildman–Crippen MR) is 262 cm³/mol. The SMILES string of the molecule is CS(=O)(=O)OCc1cc2c(Cl)nccc2s1.Clc1nccc2sccc12.NCc1cc2c(Cl)nccc2s1.O=Cc1cc2c(Cl)nccc2s1.OCc1cc2c(Cl)nccc2s1. The van der Waals surface area contributed by atoms with E-state index in [2.05, 4.69) is 24.9 Å². The maximum Gasteiger partial charge on any atom is 0.264 e. The highest BCUT2D eigenvalue weighted by atomic mass is 35.5. The predicted octanol–water partition coefficient (Wildman–Crippen LogP) is 13.0. The monoisotopic (exact) mass is 1040 g/mol. The Bertz CT molecular complexity index is 3150. The van der Waals surface area contributed by atoms with Crippen LogP contribution in [0.1, 0.15) is 24.3 Å². The Morgan fingerprint density at radius 1 is 0.597 bits per heavy atom. The quantitative estimate of drug-likeness (QED) is 0.0922. The van der Waals surface area contributed by atoms with E-state index in [0.717, 1.165) is 72.9 Å². The molecule has 3 N–H and O–H groups in total. The van der Waals surface area contributed by atoms with Crippen molar-refractivity contribution in [1.82, 2.24) is 24.9 Å². The molecular weight excluding hydrogens is 1010 g/mol. The van der Waals surface area contributed by atoms with Crippen LogP contribution in [0.2, 0.25) is 25.8 Å². The van der Waals surface area contributed by atoms with Crippen LogP contribution in [0.15, 0.2) is 97.0 Å². The Balaban J connectivity index is 0.000000130. The number of rotatable bonds is 6. The third-order valence-corrected chi connectivity index (χ3v) is 15.2. The summed E-state index contributed by atoms with van der Waals surface area (Å²) in [5.41, 5.74) is 5.51. The van der Waals surface area contributed by atoms with Crippen molar-refractivity contribution in [3.63, 3.8) is 0 Å². The van der Waals surface area contributed by atoms with Crippen molar-refractivity contribution in [2.75, 3.05) is 6.26 Å². The average molecular weight is 1040 g/mol. The Morgan fingerprint density at radius 2 is 1.00 bits per heavy atom. The lowest BCUT2D eigenvalue weighted by atomic mass is 10.3. The zero-order chi connectivity index (χ0) is 44.4. The number of pyridine rings is 5. The zero-order valence-corrected chi connectivity index (χ0v) is 40.3. The van der Waals surface area contributed by atoms with Gasteiger partial charge in [0.25, 0.3) is 10.1 Å². The van der Waals surface area contributed by atoms with Crippen LogP contribution in [0.3, 0.4) is 0 Å². The molecular formula is C40H29Cl5N6O5S6. The summed E-state index contributed by atoms with van der Waals surface area (Å²) in [6.07, 6.45) is 10.2. The number of halogens is 5. The second-order valence-electron chi connectivity index (χ2n) is 12.2. The maximum atomic E-state index is 10.8. The lowest BCUT2D eigenvalue weighted by Gasteiger charge is -1.96. The summed E-state index contributed by atoms with van der Waals surface area (Å²) in [4.78, 5) is 33.7. The van der Waals surface area contributed by atoms with Gasteiger partial charge in [0, 0.05) is 103 Å². The number of aliphatic hydroxyl groups excluding tert-OH is 1. The largest absolute Gasteiger partial charge is 0.391 e. The number of nitrogens with two attached hydrogens (primary N) is 1. The van der Waals surface area contributed by atoms with Crippen molar-refractivity contribution in [3.8, 4) is 0 Å². The molecule has 0 aromatic carbocycles. The van der Waals surface area contributed by atoms with E-state index < -0.39 is 10.1 Å². The summed E-state index contributed by atoms with van der Waals surface area (Å²) >= 11 is 37.0. The second-order valence-corrected chi connectivity index (χ2v) is 21.2. The van der Waals surface area contributed by atoms with Gasteiger partial charge in [-0.3, -0.25) is 8.98 Å². The van der Waals surface area contributed by atoms with Crippen LogP contribution < -0.4 is 5.73 Å². The van der Waals surface area contributed by atoms with E-state index >= 15 is 0 Å². The third-order valence-electron chi connectivity index (χ3n) is 7.98. The molecule has 0 amide bonds. The fourth-order valence-electron chi connectivity index (χ4n) is 5.23. The molecule has 10 heterocycles. The molecule has 0 fully saturated rings. The summed E-state index contributed by atoms with van der Waals surface area (Å²) in [6.45, 7) is 0.667. The van der Waals surface area contributed by atoms with Crippen molar-refractivity contribution in [2.45, 2.75) is 19.8 Å². The van der Waals surface area contributed by atoms with Gasteiger partial charge in [-0.15, -0.1) is 56.7 Å². The lowest BCUT2D eigenvalue weighted by Crippen LogP contribution is -2.01. The van der Waals surface area contributed by atoms with Gasteiger partial charge >= 0.3 is 0 Å². The van der Waals surface area contributed by atoms with Gasteiger partial charge in [-0.1, -0.05) is 58.0 Å². The molecule has 0 bridgehead atoms. The average Bonchev–Trinajstić information content (AvgIpc) is 4.11. The second kappa shape index (κ2) is 22.4. The third kappa shape index (κ3) is 12.8. The van der Waals surface area contributed by atoms with Gasteiger partial charge in [0.2, 0.25) is 0 Å². The van der Waals surface area contributed by atoms with Crippen LogP contribution >= 0.6 is 115 Å². The topological polar surface area (TPSA) is 171 Å². The van der Waals surface area contributed by atoms with Crippen LogP contribution in [-0.2, 0) is 34.1 Å². The molecule has 11 nitrogen and oxygen atoms in total. The van der Waals surface area contributed by atoms with Crippen LogP contribution in [0.4, 0.5) is 0 Å². The molecule has 320 valence electrons. The molecule has 0 aliphatic carbocycles. The van der Waals surface area contributed by atoms with Crippen molar-refractivity contribution in [3.05, 3.63) is 142 Å². The van der Waals surface area contributed by atoms with Crippen molar-refractivity contribution in [2.24, 2.45) is 5.73 Å². The number of hydrogen-bond acceptors (Lipinski definition) is 16. The maximum absolute atomic E-state index is 10.8. The number of aldehydes is 1. The zero-order valence-electron chi connectivity index (χ0n) is 31.7. The highest BCUT2D eigenvalue weighted by molar-refractivity contribution is 7.85. The minimum absolute atomic E-state index is 0.0362. The van der Waals surface area contributed by atoms with Crippen molar-refractivity contribution in [1.29, 1.82) is 0 Å². The lowest BCUT2D eigenvalue weighted by molar-refractivity contribution is 0.112. The number of hydrogen-bond donors (Lipinski definition) is 2. The van der Waals surface area contributed by atoms with E-state index in [9.17, 15) is 13.2 Å². The molecule has 10 aromatic rings. The van der Waals surface area contributed by atoms with Gasteiger partial charge in [-0.25, -0.2) is 24.9 Å². The smallest absolute Gasteiger partial charge is 0.264 e. The molecule has 0 aliphatic rings. The molecule has 22 heteroatoms. The standard InChI is InChI=1S/C9H8ClNO3S2.C8H7ClN2S.C8H6ClNOS.C8H4ClNOS.C7H4ClNS/c1-16(12,13)14-5-6-4-7-8(15-6)2-3-11-9(7)10;9-8-6-3-5(4-10)12-7(6)1-2-11-8;2*9-8-6-3-5(4-11)12-7(6)1-2-10-8;8-7-5-2-4-10-6(5)1-3-9-7/h2-4H,5H2,1H3;1-3H,4,10H2;1-3,11H,4H2;1-4H;1-4H. The van der Waals surface area contributed by atoms with Crippen molar-refractivity contribution >= 4 is 182 Å². The van der Waals surface area contributed by atoms with E-state index in [1.807, 2.05) is 53.9 Å². The van der Waals surface area contributed by atoms with Gasteiger partial charge in [-0.05, 0) is 66.0 Å². The molecule has 0 saturated heterocycles. The minimum atomic E-state index is -3.41. The fraction of sp³-hybridized carbons (Fsp3) is 0.100. The van der Waals surface area contributed by atoms with E-state index in [1.54, 1.807) is 65.8 Å². The van der Waals surface area contributed by atoms with Gasteiger partial charge in [-0.2, -0.15) is 8.42 Å². The molecule has 0 saturated carbocycles. The highest BCUT2D eigenvalue weighted by Crippen LogP contribution is 2.32. The Morgan fingerprint density at radius 3 is 1.42 bits per heavy atom. The highest BCUT2D eigenvalue weighted by Gasteiger charge is 2.09. The number of carbonyl (C=O) groups is 1. The molecule has 0 aliphatic heterocycles. The first kappa shape index (κ1) is 48.0. The van der Waals surface area contributed by atoms with Gasteiger partial charge in [0.15, 0.2) is 6.29 Å². The summed E-state index contributed by atoms with van der Waals surface area (Å²) < 4.78 is 31.7. The molecule has 62 heavy (non-hydrogen) atoms. The summed E-state index contributed by atoms with van der Waals surface area (Å²) in [7, 11) is -3.41. The van der Waals surface area contributed by atoms with E-state index in [-0.39, 0.29) is 13.2 Å². The Hall–Kier alpha value is -3.50. The fourth-order valence-corrected chi connectivity index (χ4v) is 11.5. The van der Waals surface area contributed by atoms with E-state index in [0.29, 0.717) is 37.2 Å². The molecule has 10 aromatic heterocycles. The number of nitrogens with zero attached hydrogens (tertiary/aromatic N) is 5. The number of aliphatic hydroxyl groups is 1. The molecule has 0 atom stereocenters. The van der Waals surface area contributed by atoms with Gasteiger partial charge < -0.3 is 10.8 Å². The first-order valence-electron chi connectivity index (χ1n) is 17.5. The number of carbonyl (C=O) groups excluding carboxylic acids is 1. The van der Waals surface area contributed by atoms with Crippen molar-refractivity contribution < 1.29 is 22.5 Å². The summed E-state index contributed by atoms with van der Waals surface area (Å²) in [6, 6.07) is 18.9. The molecule has 0 radical (unpaired) electrons. The van der Waals surface area contributed by atoms with Crippen LogP contribution in [0, 0.1) is 0 Å². The first-order chi connectivity index (χ1) is 29.8. The van der Waals surface area contributed by atoms with Crippen LogP contribution in [0.5, 0.6) is 0 Å². The van der Waals surface area contributed by atoms with Gasteiger partial charge in [0.1, 0.15) is 32.4 Å². The summed E-state index contributed by atoms with van der Waals surface area (Å²) in [5.74, 6) is 0. The molecule has 0 unspecified atom stereocenters. The van der Waals surface area contributed by atoms with E-state index in [1.165, 1.54) is 38.7 Å². The number of fused-ring (bicyclic) bond motifs is 5. The van der Waals surface area contributed by atoms with Gasteiger partial charge in [0.05, 0.1) is 17.7 Å². The first-order valence-corrected chi connectivity index (χ1v) is 25.3. The van der Waals surface area contributed by atoms with Crippen LogP contribution in [0.25, 0.3) is 50.4 Å². The Labute approximate surface area is 399 Å². The summed E-state index contributed by atoms with van der Waals surface area (Å²) in [5, 5.41) is 18.1.